The number of hydrogen-bond acceptors (Lipinski definition) is 1. The van der Waals surface area contributed by atoms with E-state index in [0.29, 0.717) is 0 Å². The summed E-state index contributed by atoms with van der Waals surface area (Å²) in [5.41, 5.74) is -0.543. The lowest BCUT2D eigenvalue weighted by atomic mass is 10.1. The van der Waals surface area contributed by atoms with Gasteiger partial charge in [-0.1, -0.05) is 12.1 Å². The number of carboxylic acids is 1. The number of alkyl halides is 2. The van der Waals surface area contributed by atoms with Crippen molar-refractivity contribution in [3.8, 4) is 0 Å². The van der Waals surface area contributed by atoms with Gasteiger partial charge in [-0.25, -0.2) is 13.2 Å². The lowest BCUT2D eigenvalue weighted by Crippen LogP contribution is -2.01. The first kappa shape index (κ1) is 10.6. The summed E-state index contributed by atoms with van der Waals surface area (Å²) in [7, 11) is 0. The molecule has 0 aliphatic carbocycles. The first-order valence-electron chi connectivity index (χ1n) is 3.79. The maximum Gasteiger partial charge on any atom is 0.307 e. The van der Waals surface area contributed by atoms with Crippen molar-refractivity contribution < 1.29 is 23.1 Å². The van der Waals surface area contributed by atoms with Crippen LogP contribution in [-0.4, -0.2) is 11.1 Å². The van der Waals surface area contributed by atoms with E-state index >= 15 is 0 Å². The van der Waals surface area contributed by atoms with Crippen LogP contribution in [-0.2, 0) is 11.2 Å². The Hall–Kier alpha value is -1.52. The van der Waals surface area contributed by atoms with E-state index in [1.54, 1.807) is 0 Å². The molecular formula is C9H7F3O2. The van der Waals surface area contributed by atoms with E-state index in [-0.39, 0.29) is 12.0 Å². The molecule has 0 fully saturated rings. The molecule has 0 aromatic heterocycles. The second kappa shape index (κ2) is 4.13. The lowest BCUT2D eigenvalue weighted by molar-refractivity contribution is -0.136. The Kier molecular flexibility index (Phi) is 3.11. The fourth-order valence-corrected chi connectivity index (χ4v) is 1.03. The monoisotopic (exact) mass is 204 g/mol. The summed E-state index contributed by atoms with van der Waals surface area (Å²) in [6.07, 6.45) is -3.26. The molecular weight excluding hydrogens is 197 g/mol. The number of carbonyl (C=O) groups is 1. The van der Waals surface area contributed by atoms with Crippen LogP contribution in [0.3, 0.4) is 0 Å². The van der Waals surface area contributed by atoms with Crippen molar-refractivity contribution in [3.63, 3.8) is 0 Å². The second-order valence-electron chi connectivity index (χ2n) is 2.73. The van der Waals surface area contributed by atoms with Crippen molar-refractivity contribution >= 4 is 5.97 Å². The van der Waals surface area contributed by atoms with Gasteiger partial charge in [0.15, 0.2) is 0 Å². The molecule has 0 radical (unpaired) electrons. The highest BCUT2D eigenvalue weighted by atomic mass is 19.3. The van der Waals surface area contributed by atoms with Crippen molar-refractivity contribution in [3.05, 3.63) is 35.1 Å². The van der Waals surface area contributed by atoms with Crippen LogP contribution in [0.4, 0.5) is 13.2 Å². The number of aliphatic carboxylic acids is 1. The molecule has 76 valence electrons. The van der Waals surface area contributed by atoms with Gasteiger partial charge in [-0.3, -0.25) is 4.79 Å². The van der Waals surface area contributed by atoms with Crippen molar-refractivity contribution in [2.45, 2.75) is 12.8 Å². The van der Waals surface area contributed by atoms with E-state index in [1.165, 1.54) is 6.07 Å². The topological polar surface area (TPSA) is 37.3 Å². The Balaban J connectivity index is 2.94. The largest absolute Gasteiger partial charge is 0.481 e. The number of halogens is 3. The molecule has 1 aromatic rings. The first-order valence-corrected chi connectivity index (χ1v) is 3.79. The maximum atomic E-state index is 12.9. The molecule has 0 bridgehead atoms. The second-order valence-corrected chi connectivity index (χ2v) is 2.73. The van der Waals surface area contributed by atoms with Crippen molar-refractivity contribution in [2.24, 2.45) is 0 Å². The van der Waals surface area contributed by atoms with Gasteiger partial charge in [0, 0.05) is 0 Å². The van der Waals surface area contributed by atoms with E-state index in [4.69, 9.17) is 5.11 Å². The Labute approximate surface area is 78.0 Å². The fraction of sp³-hybridized carbons (Fsp3) is 0.222. The van der Waals surface area contributed by atoms with Crippen LogP contribution in [0.15, 0.2) is 18.2 Å². The normalized spacial score (nSPS) is 10.6. The van der Waals surface area contributed by atoms with Gasteiger partial charge in [-0.15, -0.1) is 0 Å². The Morgan fingerprint density at radius 3 is 2.50 bits per heavy atom. The van der Waals surface area contributed by atoms with E-state index in [0.717, 1.165) is 12.1 Å². The van der Waals surface area contributed by atoms with Crippen LogP contribution in [0.5, 0.6) is 0 Å². The van der Waals surface area contributed by atoms with Gasteiger partial charge in [0.1, 0.15) is 5.82 Å². The van der Waals surface area contributed by atoms with E-state index in [2.05, 4.69) is 0 Å². The molecule has 1 N–H and O–H groups in total. The molecule has 0 saturated heterocycles. The van der Waals surface area contributed by atoms with Gasteiger partial charge in [0.05, 0.1) is 12.0 Å². The van der Waals surface area contributed by atoms with Crippen LogP contribution in [0.2, 0.25) is 0 Å². The smallest absolute Gasteiger partial charge is 0.307 e. The SMILES string of the molecule is O=C(O)Cc1ccc(C(F)F)c(F)c1. The highest BCUT2D eigenvalue weighted by molar-refractivity contribution is 5.70. The van der Waals surface area contributed by atoms with E-state index in [9.17, 15) is 18.0 Å². The fourth-order valence-electron chi connectivity index (χ4n) is 1.03. The average molecular weight is 204 g/mol. The molecule has 0 spiro atoms. The number of carboxylic acid groups (broad SMARTS) is 1. The summed E-state index contributed by atoms with van der Waals surface area (Å²) < 4.78 is 37.0. The predicted molar refractivity (Wildman–Crippen MR) is 42.7 cm³/mol. The van der Waals surface area contributed by atoms with Gasteiger partial charge in [-0.2, -0.15) is 0 Å². The van der Waals surface area contributed by atoms with E-state index in [1.807, 2.05) is 0 Å². The summed E-state index contributed by atoms with van der Waals surface area (Å²) in [6.45, 7) is 0. The van der Waals surface area contributed by atoms with Crippen molar-refractivity contribution in [1.29, 1.82) is 0 Å². The van der Waals surface area contributed by atoms with Gasteiger partial charge in [0.2, 0.25) is 0 Å². The molecule has 14 heavy (non-hydrogen) atoms. The van der Waals surface area contributed by atoms with Gasteiger partial charge < -0.3 is 5.11 Å². The number of hydrogen-bond donors (Lipinski definition) is 1. The van der Waals surface area contributed by atoms with Gasteiger partial charge in [-0.05, 0) is 11.6 Å². The quantitative estimate of drug-likeness (QED) is 0.820. The van der Waals surface area contributed by atoms with Crippen LogP contribution < -0.4 is 0 Å². The lowest BCUT2D eigenvalue weighted by Gasteiger charge is -2.03. The van der Waals surface area contributed by atoms with Crippen molar-refractivity contribution in [2.75, 3.05) is 0 Å². The highest BCUT2D eigenvalue weighted by Crippen LogP contribution is 2.22. The summed E-state index contributed by atoms with van der Waals surface area (Å²) in [4.78, 5) is 10.2. The van der Waals surface area contributed by atoms with Crippen molar-refractivity contribution in [1.82, 2.24) is 0 Å². The summed E-state index contributed by atoms with van der Waals surface area (Å²) in [5.74, 6) is -2.20. The maximum absolute atomic E-state index is 12.9. The molecule has 1 aromatic carbocycles. The molecule has 2 nitrogen and oxygen atoms in total. The zero-order valence-electron chi connectivity index (χ0n) is 7.01. The van der Waals surface area contributed by atoms with Gasteiger partial charge in [0.25, 0.3) is 6.43 Å². The minimum atomic E-state index is -2.88. The van der Waals surface area contributed by atoms with E-state index < -0.39 is 23.8 Å². The number of benzene rings is 1. The molecule has 0 atom stereocenters. The minimum absolute atomic E-state index is 0.166. The third-order valence-electron chi connectivity index (χ3n) is 1.66. The zero-order chi connectivity index (χ0) is 10.7. The Morgan fingerprint density at radius 1 is 1.43 bits per heavy atom. The van der Waals surface area contributed by atoms with Gasteiger partial charge >= 0.3 is 5.97 Å². The molecule has 0 heterocycles. The molecule has 0 aliphatic rings. The standard InChI is InChI=1S/C9H7F3O2/c10-7-3-5(4-8(13)14)1-2-6(7)9(11)12/h1-3,9H,4H2,(H,13,14). The molecule has 0 aliphatic heterocycles. The first-order chi connectivity index (χ1) is 6.50. The van der Waals surface area contributed by atoms with Crippen LogP contribution in [0, 0.1) is 5.82 Å². The Morgan fingerprint density at radius 2 is 2.07 bits per heavy atom. The molecule has 5 heteroatoms. The summed E-state index contributed by atoms with van der Waals surface area (Å²) >= 11 is 0. The molecule has 0 unspecified atom stereocenters. The van der Waals surface area contributed by atoms with Crippen LogP contribution in [0.25, 0.3) is 0 Å². The molecule has 0 saturated carbocycles. The Bertz CT molecular complexity index is 350. The predicted octanol–water partition coefficient (Wildman–Crippen LogP) is 2.39. The minimum Gasteiger partial charge on any atom is -0.481 e. The third-order valence-corrected chi connectivity index (χ3v) is 1.66. The summed E-state index contributed by atoms with van der Waals surface area (Å²) in [6, 6.07) is 2.90. The molecule has 1 rings (SSSR count). The van der Waals surface area contributed by atoms with Crippen LogP contribution in [0.1, 0.15) is 17.6 Å². The third kappa shape index (κ3) is 2.48. The molecule has 0 amide bonds. The summed E-state index contributed by atoms with van der Waals surface area (Å²) in [5, 5.41) is 8.37. The zero-order valence-corrected chi connectivity index (χ0v) is 7.01. The average Bonchev–Trinajstić information content (AvgIpc) is 2.01. The highest BCUT2D eigenvalue weighted by Gasteiger charge is 2.13. The van der Waals surface area contributed by atoms with Crippen LogP contribution >= 0.6 is 0 Å². The number of rotatable bonds is 3.